The first-order valence-corrected chi connectivity index (χ1v) is 18.7. The summed E-state index contributed by atoms with van der Waals surface area (Å²) in [7, 11) is 1.56. The molecule has 0 saturated heterocycles. The molecule has 0 radical (unpaired) electrons. The van der Waals surface area contributed by atoms with Crippen LogP contribution in [0.15, 0.2) is 115 Å². The zero-order chi connectivity index (χ0) is 37.9. The molecule has 2 aliphatic rings. The number of benzene rings is 5. The minimum atomic E-state index is -2.41. The molecule has 7 nitrogen and oxygen atoms in total. The monoisotopic (exact) mass is 759 g/mol. The third-order valence-electron chi connectivity index (χ3n) is 11.0. The predicted octanol–water partition coefficient (Wildman–Crippen LogP) is 9.50. The molecule has 0 amide bonds. The van der Waals surface area contributed by atoms with Crippen LogP contribution in [0, 0.1) is 11.3 Å². The fourth-order valence-corrected chi connectivity index (χ4v) is 8.80. The van der Waals surface area contributed by atoms with Gasteiger partial charge < -0.3 is 18.9 Å². The van der Waals surface area contributed by atoms with E-state index < -0.39 is 28.4 Å². The van der Waals surface area contributed by atoms with Gasteiger partial charge in [0.1, 0.15) is 24.2 Å². The second-order valence-corrected chi connectivity index (χ2v) is 14.7. The first-order chi connectivity index (χ1) is 26.2. The van der Waals surface area contributed by atoms with Gasteiger partial charge in [0.25, 0.3) is 0 Å². The molecule has 0 heterocycles. The van der Waals surface area contributed by atoms with Crippen LogP contribution in [0.1, 0.15) is 65.1 Å². The van der Waals surface area contributed by atoms with E-state index >= 15 is 0 Å². The van der Waals surface area contributed by atoms with E-state index in [0.717, 1.165) is 27.8 Å². The van der Waals surface area contributed by atoms with Gasteiger partial charge in [0.15, 0.2) is 0 Å². The summed E-state index contributed by atoms with van der Waals surface area (Å²) < 4.78 is 23.6. The highest BCUT2D eigenvalue weighted by molar-refractivity contribution is 6.31. The van der Waals surface area contributed by atoms with Gasteiger partial charge in [-0.1, -0.05) is 89.9 Å². The van der Waals surface area contributed by atoms with Gasteiger partial charge in [-0.15, -0.1) is 0 Å². The molecule has 5 aromatic carbocycles. The quantitative estimate of drug-likeness (QED) is 0.117. The van der Waals surface area contributed by atoms with Crippen LogP contribution in [0.2, 0.25) is 10.0 Å². The fourth-order valence-electron chi connectivity index (χ4n) is 8.43. The maximum Gasteiger partial charge on any atom is 0.367 e. The zero-order valence-corrected chi connectivity index (χ0v) is 31.6. The summed E-state index contributed by atoms with van der Waals surface area (Å²) >= 11 is 13.1. The van der Waals surface area contributed by atoms with Gasteiger partial charge in [0.05, 0.1) is 25.6 Å². The Hall–Kier alpha value is -5.29. The first kappa shape index (κ1) is 37.0. The van der Waals surface area contributed by atoms with E-state index in [1.165, 1.54) is 0 Å². The lowest BCUT2D eigenvalue weighted by Crippen LogP contribution is -2.59. The second kappa shape index (κ2) is 15.2. The molecule has 0 aromatic heterocycles. The third kappa shape index (κ3) is 6.48. The van der Waals surface area contributed by atoms with Gasteiger partial charge >= 0.3 is 17.5 Å². The van der Waals surface area contributed by atoms with Crippen molar-refractivity contribution in [2.45, 2.75) is 62.1 Å². The Kier molecular flexibility index (Phi) is 10.4. The van der Waals surface area contributed by atoms with E-state index in [2.05, 4.69) is 6.07 Å². The molecule has 0 aliphatic heterocycles. The first-order valence-electron chi connectivity index (χ1n) is 18.0. The number of nitriles is 1. The molecule has 9 heteroatoms. The van der Waals surface area contributed by atoms with Crippen LogP contribution < -0.4 is 9.47 Å². The van der Waals surface area contributed by atoms with Gasteiger partial charge in [0, 0.05) is 15.5 Å². The Bertz CT molecular complexity index is 2220. The van der Waals surface area contributed by atoms with E-state index in [0.29, 0.717) is 58.5 Å². The standard InChI is InChI=1S/C45H39Cl2NO6/c1-3-52-42(50)45(29-48,44(34-12-16-37(51-2)17-13-34)24-22-31-9-14-36(47)26-40(31)44)54-41(49)27-43(23-21-32-25-35(46)15-20-39(32)43)33-10-18-38(19-11-33)53-28-30-7-5-4-6-8-30/h4-20,25-26H,3,21-24,27-28H2,1-2H3. The minimum Gasteiger partial charge on any atom is -0.497 e. The molecule has 0 saturated carbocycles. The Morgan fingerprint density at radius 2 is 1.44 bits per heavy atom. The van der Waals surface area contributed by atoms with Crippen LogP contribution in [0.25, 0.3) is 0 Å². The Balaban J connectivity index is 1.31. The molecule has 3 unspecified atom stereocenters. The molecule has 0 bridgehead atoms. The highest BCUT2D eigenvalue weighted by Crippen LogP contribution is 2.55. The number of esters is 2. The van der Waals surface area contributed by atoms with Crippen LogP contribution in [0.3, 0.4) is 0 Å². The number of ether oxygens (including phenoxy) is 4. The Morgan fingerprint density at radius 1 is 0.778 bits per heavy atom. The topological polar surface area (TPSA) is 94.9 Å². The number of hydrogen-bond acceptors (Lipinski definition) is 7. The predicted molar refractivity (Wildman–Crippen MR) is 207 cm³/mol. The van der Waals surface area contributed by atoms with E-state index in [1.807, 2.05) is 78.9 Å². The molecule has 0 N–H and O–H groups in total. The largest absolute Gasteiger partial charge is 0.497 e. The molecule has 7 rings (SSSR count). The number of hydrogen-bond donors (Lipinski definition) is 0. The average Bonchev–Trinajstić information content (AvgIpc) is 3.76. The third-order valence-corrected chi connectivity index (χ3v) is 11.4. The summed E-state index contributed by atoms with van der Waals surface area (Å²) in [5.74, 6) is -0.398. The van der Waals surface area contributed by atoms with Crippen molar-refractivity contribution in [3.8, 4) is 17.6 Å². The number of rotatable bonds is 12. The molecular formula is C45H39Cl2NO6. The second-order valence-electron chi connectivity index (χ2n) is 13.8. The molecular weight excluding hydrogens is 721 g/mol. The van der Waals surface area contributed by atoms with Gasteiger partial charge in [-0.2, -0.15) is 5.26 Å². The van der Waals surface area contributed by atoms with Crippen LogP contribution in [-0.4, -0.2) is 31.3 Å². The zero-order valence-electron chi connectivity index (χ0n) is 30.1. The van der Waals surface area contributed by atoms with Crippen LogP contribution in [0.5, 0.6) is 11.5 Å². The summed E-state index contributed by atoms with van der Waals surface area (Å²) in [6.07, 6.45) is 1.87. The number of carbonyl (C=O) groups is 2. The molecule has 274 valence electrons. The molecule has 3 atom stereocenters. The van der Waals surface area contributed by atoms with Crippen molar-refractivity contribution in [3.05, 3.63) is 164 Å². The number of methoxy groups -OCH3 is 1. The molecule has 2 aliphatic carbocycles. The Labute approximate surface area is 325 Å². The van der Waals surface area contributed by atoms with Crippen molar-refractivity contribution in [2.24, 2.45) is 0 Å². The number of aryl methyl sites for hydroxylation is 2. The number of nitrogens with zero attached hydrogens (tertiary/aromatic N) is 1. The van der Waals surface area contributed by atoms with Crippen LogP contribution >= 0.6 is 23.2 Å². The normalized spacial score (nSPS) is 19.5. The van der Waals surface area contributed by atoms with Gasteiger partial charge in [-0.3, -0.25) is 4.79 Å². The van der Waals surface area contributed by atoms with Crippen LogP contribution in [-0.2, 0) is 49.3 Å². The van der Waals surface area contributed by atoms with E-state index in [1.54, 1.807) is 50.4 Å². The maximum atomic E-state index is 14.8. The maximum absolute atomic E-state index is 14.8. The number of fused-ring (bicyclic) bond motifs is 2. The van der Waals surface area contributed by atoms with Gasteiger partial charge in [0.2, 0.25) is 0 Å². The number of carbonyl (C=O) groups excluding carboxylic acids is 2. The Morgan fingerprint density at radius 3 is 2.15 bits per heavy atom. The molecule has 0 spiro atoms. The van der Waals surface area contributed by atoms with Crippen molar-refractivity contribution in [2.75, 3.05) is 13.7 Å². The fraction of sp³-hybridized carbons (Fsp3) is 0.267. The molecule has 54 heavy (non-hydrogen) atoms. The van der Waals surface area contributed by atoms with Crippen LogP contribution in [0.4, 0.5) is 0 Å². The summed E-state index contributed by atoms with van der Waals surface area (Å²) in [5, 5.41) is 12.3. The highest BCUT2D eigenvalue weighted by atomic mass is 35.5. The highest BCUT2D eigenvalue weighted by Gasteiger charge is 2.66. The SMILES string of the molecule is CCOC(=O)C(C#N)(OC(=O)CC1(c2ccc(OCc3ccccc3)cc2)CCc2cc(Cl)ccc21)C1(c2ccc(OC)cc2)CCc2ccc(Cl)cc21. The van der Waals surface area contributed by atoms with E-state index in [-0.39, 0.29) is 19.4 Å². The van der Waals surface area contributed by atoms with E-state index in [4.69, 9.17) is 42.1 Å². The summed E-state index contributed by atoms with van der Waals surface area (Å²) in [4.78, 5) is 29.2. The lowest BCUT2D eigenvalue weighted by molar-refractivity contribution is -0.182. The van der Waals surface area contributed by atoms with Crippen molar-refractivity contribution in [3.63, 3.8) is 0 Å². The van der Waals surface area contributed by atoms with Crippen molar-refractivity contribution in [1.82, 2.24) is 0 Å². The lowest BCUT2D eigenvalue weighted by Gasteiger charge is -2.43. The molecule has 0 fully saturated rings. The van der Waals surface area contributed by atoms with Crippen molar-refractivity contribution in [1.29, 1.82) is 5.26 Å². The van der Waals surface area contributed by atoms with Crippen molar-refractivity contribution >= 4 is 35.1 Å². The lowest BCUT2D eigenvalue weighted by atomic mass is 9.63. The van der Waals surface area contributed by atoms with E-state index in [9.17, 15) is 14.9 Å². The van der Waals surface area contributed by atoms with Gasteiger partial charge in [-0.05, 0) is 120 Å². The average molecular weight is 761 g/mol. The summed E-state index contributed by atoms with van der Waals surface area (Å²) in [6, 6.07) is 38.1. The number of halogens is 2. The van der Waals surface area contributed by atoms with Crippen molar-refractivity contribution < 1.29 is 28.5 Å². The summed E-state index contributed by atoms with van der Waals surface area (Å²) in [5.41, 5.74) is 1.26. The van der Waals surface area contributed by atoms with Gasteiger partial charge in [-0.25, -0.2) is 4.79 Å². The summed E-state index contributed by atoms with van der Waals surface area (Å²) in [6.45, 7) is 2.04. The minimum absolute atomic E-state index is 0.0301. The molecule has 5 aromatic rings. The smallest absolute Gasteiger partial charge is 0.367 e.